The zero-order valence-corrected chi connectivity index (χ0v) is 26.6. The van der Waals surface area contributed by atoms with Crippen LogP contribution in [0.25, 0.3) is 0 Å². The summed E-state index contributed by atoms with van der Waals surface area (Å²) in [5, 5.41) is 5.26. The van der Waals surface area contributed by atoms with Crippen molar-refractivity contribution in [3.8, 4) is 11.5 Å². The van der Waals surface area contributed by atoms with E-state index in [0.717, 1.165) is 37.4 Å². The average Bonchev–Trinajstić information content (AvgIpc) is 2.99. The largest absolute Gasteiger partial charge is 0.457 e. The first-order valence-corrected chi connectivity index (χ1v) is 15.9. The molecule has 3 aromatic rings. The number of hydrogen-bond acceptors (Lipinski definition) is 6. The summed E-state index contributed by atoms with van der Waals surface area (Å²) < 4.78 is 60.0. The molecule has 2 atom stereocenters. The fourth-order valence-electron chi connectivity index (χ4n) is 5.19. The number of carbonyl (C=O) groups excluding carboxylic acids is 2. The molecule has 5 N–H and O–H groups in total. The molecular weight excluding hydrogens is 628 g/mol. The molecule has 0 aliphatic carbocycles. The number of hydrogen-bond donors (Lipinski definition) is 4. The molecule has 1 aliphatic heterocycles. The first-order chi connectivity index (χ1) is 21.0. The Morgan fingerprint density at radius 1 is 1.02 bits per heavy atom. The topological polar surface area (TPSA) is 143 Å². The van der Waals surface area contributed by atoms with Gasteiger partial charge in [0.15, 0.2) is 0 Å². The molecule has 3 aromatic carbocycles. The monoisotopic (exact) mass is 665 g/mol. The number of benzene rings is 3. The van der Waals surface area contributed by atoms with Gasteiger partial charge in [-0.2, -0.15) is 0 Å². The standard InChI is InChI=1S/C31H37F2N5O5S.ClH/c1-3-4-5-22-16-21(36-31(40)37-29-17-26(30(34)39)27(32)18-28(29)33)14-15-38(22)19-20-6-8-23(9-7-20)43-24-10-12-25(13-11-24)44(41,42)35-2;/h6-13,17-18,21-22,35H,3-5,14-16,19H2,1-2H3,(H2,34,39)(H2,36,37,40);1H. The third-order valence-corrected chi connectivity index (χ3v) is 9.01. The first kappa shape index (κ1) is 35.7. The van der Waals surface area contributed by atoms with Crippen molar-refractivity contribution in [3.05, 3.63) is 83.4 Å². The second kappa shape index (κ2) is 16.0. The molecule has 45 heavy (non-hydrogen) atoms. The minimum Gasteiger partial charge on any atom is -0.457 e. The predicted octanol–water partition coefficient (Wildman–Crippen LogP) is 5.53. The maximum absolute atomic E-state index is 14.2. The summed E-state index contributed by atoms with van der Waals surface area (Å²) in [4.78, 5) is 26.6. The number of nitrogens with zero attached hydrogens (tertiary/aromatic N) is 1. The number of carbonyl (C=O) groups is 2. The molecule has 14 heteroatoms. The van der Waals surface area contributed by atoms with E-state index in [1.807, 2.05) is 24.3 Å². The molecular formula is C31H38ClF2N5O5S. The molecule has 1 saturated heterocycles. The SMILES string of the molecule is CCCCC1CC(NC(=O)Nc2cc(C(N)=O)c(F)cc2F)CCN1Cc1ccc(Oc2ccc(S(=O)(=O)NC)cc2)cc1.Cl. The molecule has 1 aliphatic rings. The first-order valence-electron chi connectivity index (χ1n) is 14.4. The van der Waals surface area contributed by atoms with Gasteiger partial charge in [0, 0.05) is 31.2 Å². The molecule has 0 aromatic heterocycles. The number of sulfonamides is 1. The Hall–Kier alpha value is -3.78. The molecule has 2 unspecified atom stereocenters. The Morgan fingerprint density at radius 3 is 2.27 bits per heavy atom. The Bertz CT molecular complexity index is 1580. The summed E-state index contributed by atoms with van der Waals surface area (Å²) in [5.74, 6) is -2.03. The van der Waals surface area contributed by atoms with Crippen molar-refractivity contribution >= 4 is 40.1 Å². The van der Waals surface area contributed by atoms with Gasteiger partial charge in [-0.3, -0.25) is 9.69 Å². The van der Waals surface area contributed by atoms with Gasteiger partial charge in [0.1, 0.15) is 23.1 Å². The van der Waals surface area contributed by atoms with E-state index >= 15 is 0 Å². The van der Waals surface area contributed by atoms with Crippen LogP contribution in [-0.4, -0.2) is 50.9 Å². The van der Waals surface area contributed by atoms with E-state index in [1.54, 1.807) is 12.1 Å². The fourth-order valence-corrected chi connectivity index (χ4v) is 5.92. The maximum atomic E-state index is 14.2. The number of nitrogens with one attached hydrogen (secondary N) is 3. The van der Waals surface area contributed by atoms with Crippen LogP contribution in [-0.2, 0) is 16.6 Å². The molecule has 1 fully saturated rings. The van der Waals surface area contributed by atoms with Crippen LogP contribution in [0.2, 0.25) is 0 Å². The van der Waals surface area contributed by atoms with Crippen LogP contribution >= 0.6 is 12.4 Å². The van der Waals surface area contributed by atoms with Gasteiger partial charge < -0.3 is 21.1 Å². The fraction of sp³-hybridized carbons (Fsp3) is 0.355. The van der Waals surface area contributed by atoms with Gasteiger partial charge in [-0.25, -0.2) is 26.7 Å². The quantitative estimate of drug-likeness (QED) is 0.200. The van der Waals surface area contributed by atoms with Gasteiger partial charge in [0.2, 0.25) is 10.0 Å². The number of piperidine rings is 1. The highest BCUT2D eigenvalue weighted by Crippen LogP contribution is 2.27. The second-order valence-electron chi connectivity index (χ2n) is 10.7. The van der Waals surface area contributed by atoms with Gasteiger partial charge in [0.25, 0.3) is 5.91 Å². The summed E-state index contributed by atoms with van der Waals surface area (Å²) in [7, 11) is -2.16. The third kappa shape index (κ3) is 9.60. The molecule has 0 radical (unpaired) electrons. The number of nitrogens with two attached hydrogens (primary N) is 1. The van der Waals surface area contributed by atoms with Gasteiger partial charge >= 0.3 is 6.03 Å². The van der Waals surface area contributed by atoms with E-state index in [4.69, 9.17) is 10.5 Å². The smallest absolute Gasteiger partial charge is 0.319 e. The number of amides is 3. The summed E-state index contributed by atoms with van der Waals surface area (Å²) in [6.07, 6.45) is 4.38. The average molecular weight is 666 g/mol. The molecule has 244 valence electrons. The van der Waals surface area contributed by atoms with Gasteiger partial charge in [-0.1, -0.05) is 31.9 Å². The van der Waals surface area contributed by atoms with E-state index in [0.29, 0.717) is 37.0 Å². The van der Waals surface area contributed by atoms with Crippen LogP contribution < -0.4 is 25.8 Å². The number of ether oxygens (including phenoxy) is 1. The van der Waals surface area contributed by atoms with Crippen molar-refractivity contribution in [2.75, 3.05) is 18.9 Å². The molecule has 0 bridgehead atoms. The lowest BCUT2D eigenvalue weighted by atomic mass is 9.93. The van der Waals surface area contributed by atoms with Crippen LogP contribution in [0.1, 0.15) is 54.9 Å². The molecule has 0 saturated carbocycles. The van der Waals surface area contributed by atoms with E-state index in [-0.39, 0.29) is 35.1 Å². The maximum Gasteiger partial charge on any atom is 0.319 e. The molecule has 1 heterocycles. The highest BCUT2D eigenvalue weighted by molar-refractivity contribution is 7.89. The van der Waals surface area contributed by atoms with Crippen molar-refractivity contribution in [2.45, 2.75) is 62.6 Å². The van der Waals surface area contributed by atoms with Crippen LogP contribution in [0.5, 0.6) is 11.5 Å². The number of anilines is 1. The Morgan fingerprint density at radius 2 is 1.67 bits per heavy atom. The summed E-state index contributed by atoms with van der Waals surface area (Å²) in [5.41, 5.74) is 5.39. The Kier molecular flexibility index (Phi) is 12.7. The predicted molar refractivity (Wildman–Crippen MR) is 170 cm³/mol. The molecule has 10 nitrogen and oxygen atoms in total. The zero-order valence-electron chi connectivity index (χ0n) is 25.0. The number of primary amides is 1. The molecule has 3 amide bonds. The van der Waals surface area contributed by atoms with Crippen LogP contribution in [0.4, 0.5) is 19.3 Å². The van der Waals surface area contributed by atoms with Crippen molar-refractivity contribution in [3.63, 3.8) is 0 Å². The van der Waals surface area contributed by atoms with E-state index in [9.17, 15) is 26.8 Å². The highest BCUT2D eigenvalue weighted by atomic mass is 35.5. The zero-order chi connectivity index (χ0) is 31.9. The van der Waals surface area contributed by atoms with Crippen molar-refractivity contribution in [2.24, 2.45) is 5.73 Å². The molecule has 0 spiro atoms. The number of likely N-dealkylation sites (tertiary alicyclic amines) is 1. The Balaban J connectivity index is 0.00000552. The van der Waals surface area contributed by atoms with Crippen LogP contribution in [0, 0.1) is 11.6 Å². The minimum atomic E-state index is -3.52. The highest BCUT2D eigenvalue weighted by Gasteiger charge is 2.29. The summed E-state index contributed by atoms with van der Waals surface area (Å²) in [6.45, 7) is 3.57. The van der Waals surface area contributed by atoms with Crippen molar-refractivity contribution < 1.29 is 31.5 Å². The normalized spacial score (nSPS) is 16.8. The molecule has 4 rings (SSSR count). The van der Waals surface area contributed by atoms with E-state index in [2.05, 4.69) is 27.2 Å². The van der Waals surface area contributed by atoms with Gasteiger partial charge in [0.05, 0.1) is 16.1 Å². The summed E-state index contributed by atoms with van der Waals surface area (Å²) in [6, 6.07) is 14.7. The van der Waals surface area contributed by atoms with Crippen molar-refractivity contribution in [1.29, 1.82) is 0 Å². The Labute approximate surface area is 268 Å². The number of urea groups is 1. The van der Waals surface area contributed by atoms with E-state index < -0.39 is 39.2 Å². The van der Waals surface area contributed by atoms with Crippen LogP contribution in [0.15, 0.2) is 65.6 Å². The lowest BCUT2D eigenvalue weighted by Crippen LogP contribution is -2.50. The van der Waals surface area contributed by atoms with Gasteiger partial charge in [-0.15, -0.1) is 12.4 Å². The summed E-state index contributed by atoms with van der Waals surface area (Å²) >= 11 is 0. The second-order valence-corrected chi connectivity index (χ2v) is 12.6. The van der Waals surface area contributed by atoms with E-state index in [1.165, 1.54) is 19.2 Å². The lowest BCUT2D eigenvalue weighted by molar-refractivity contribution is 0.0996. The number of unbranched alkanes of at least 4 members (excludes halogenated alkanes) is 1. The lowest BCUT2D eigenvalue weighted by Gasteiger charge is -2.40. The third-order valence-electron chi connectivity index (χ3n) is 7.58. The van der Waals surface area contributed by atoms with Crippen molar-refractivity contribution in [1.82, 2.24) is 14.9 Å². The minimum absolute atomic E-state index is 0. The van der Waals surface area contributed by atoms with Crippen LogP contribution in [0.3, 0.4) is 0 Å². The van der Waals surface area contributed by atoms with Gasteiger partial charge in [-0.05, 0) is 74.3 Å². The number of rotatable bonds is 12. The number of halogens is 3.